The molecular formula is C12H18F2N2S. The van der Waals surface area contributed by atoms with Crippen molar-refractivity contribution in [1.29, 1.82) is 0 Å². The molecule has 17 heavy (non-hydrogen) atoms. The van der Waals surface area contributed by atoms with E-state index in [1.54, 1.807) is 11.8 Å². The van der Waals surface area contributed by atoms with E-state index in [0.29, 0.717) is 11.3 Å². The average molecular weight is 260 g/mol. The highest BCUT2D eigenvalue weighted by Crippen LogP contribution is 2.18. The van der Waals surface area contributed by atoms with Crippen molar-refractivity contribution in [2.45, 2.75) is 6.04 Å². The molecule has 0 fully saturated rings. The summed E-state index contributed by atoms with van der Waals surface area (Å²) in [5.41, 5.74) is 6.55. The summed E-state index contributed by atoms with van der Waals surface area (Å²) in [6.45, 7) is 0.981. The highest BCUT2D eigenvalue weighted by atomic mass is 32.2. The Morgan fingerprint density at radius 1 is 1.29 bits per heavy atom. The highest BCUT2D eigenvalue weighted by molar-refractivity contribution is 7.99. The predicted octanol–water partition coefficient (Wildman–Crippen LogP) is 2.26. The monoisotopic (exact) mass is 260 g/mol. The van der Waals surface area contributed by atoms with Gasteiger partial charge in [0, 0.05) is 24.1 Å². The normalized spacial score (nSPS) is 13.1. The number of hydrogen-bond acceptors (Lipinski definition) is 3. The van der Waals surface area contributed by atoms with E-state index in [4.69, 9.17) is 5.73 Å². The molecule has 0 saturated heterocycles. The fourth-order valence-corrected chi connectivity index (χ4v) is 2.40. The molecular weight excluding hydrogens is 242 g/mol. The van der Waals surface area contributed by atoms with Crippen LogP contribution in [0.2, 0.25) is 0 Å². The molecule has 0 aliphatic heterocycles. The number of benzene rings is 1. The second kappa shape index (κ2) is 6.93. The van der Waals surface area contributed by atoms with Gasteiger partial charge in [0.1, 0.15) is 0 Å². The van der Waals surface area contributed by atoms with Crippen LogP contribution in [-0.2, 0) is 0 Å². The standard InChI is InChI=1S/C12H18F2N2S/c1-16(2)5-6-17-8-12(15)9-3-4-10(13)11(14)7-9/h3-4,7,12H,5-6,8,15H2,1-2H3. The molecule has 0 aliphatic rings. The predicted molar refractivity (Wildman–Crippen MR) is 69.2 cm³/mol. The maximum absolute atomic E-state index is 13.0. The molecule has 0 aliphatic carbocycles. The Morgan fingerprint density at radius 2 is 2.00 bits per heavy atom. The number of rotatable bonds is 6. The van der Waals surface area contributed by atoms with Gasteiger partial charge in [-0.25, -0.2) is 8.78 Å². The van der Waals surface area contributed by atoms with Gasteiger partial charge in [-0.2, -0.15) is 11.8 Å². The summed E-state index contributed by atoms with van der Waals surface area (Å²) in [6, 6.07) is 3.58. The SMILES string of the molecule is CN(C)CCSCC(N)c1ccc(F)c(F)c1. The lowest BCUT2D eigenvalue weighted by Gasteiger charge is -2.13. The van der Waals surface area contributed by atoms with E-state index in [0.717, 1.165) is 18.4 Å². The maximum Gasteiger partial charge on any atom is 0.159 e. The summed E-state index contributed by atoms with van der Waals surface area (Å²) < 4.78 is 25.7. The van der Waals surface area contributed by atoms with Crippen LogP contribution in [-0.4, -0.2) is 37.0 Å². The smallest absolute Gasteiger partial charge is 0.159 e. The molecule has 0 heterocycles. The number of nitrogens with two attached hydrogens (primary N) is 1. The van der Waals surface area contributed by atoms with Crippen LogP contribution < -0.4 is 5.73 Å². The average Bonchev–Trinajstić information content (AvgIpc) is 2.27. The minimum Gasteiger partial charge on any atom is -0.323 e. The van der Waals surface area contributed by atoms with Crippen molar-refractivity contribution >= 4 is 11.8 Å². The molecule has 0 amide bonds. The molecule has 0 radical (unpaired) electrons. The molecule has 2 N–H and O–H groups in total. The van der Waals surface area contributed by atoms with Crippen molar-refractivity contribution in [2.24, 2.45) is 5.73 Å². The van der Waals surface area contributed by atoms with E-state index in [2.05, 4.69) is 4.90 Å². The number of nitrogens with zero attached hydrogens (tertiary/aromatic N) is 1. The zero-order valence-corrected chi connectivity index (χ0v) is 10.9. The van der Waals surface area contributed by atoms with E-state index in [1.807, 2.05) is 14.1 Å². The first-order valence-corrected chi connectivity index (χ1v) is 6.59. The molecule has 0 saturated carbocycles. The van der Waals surface area contributed by atoms with E-state index < -0.39 is 11.6 Å². The third-order valence-electron chi connectivity index (χ3n) is 2.35. The second-order valence-corrected chi connectivity index (χ2v) is 5.31. The van der Waals surface area contributed by atoms with Crippen LogP contribution in [0.5, 0.6) is 0 Å². The van der Waals surface area contributed by atoms with Gasteiger partial charge in [-0.05, 0) is 31.8 Å². The summed E-state index contributed by atoms with van der Waals surface area (Å²) in [5, 5.41) is 0. The maximum atomic E-state index is 13.0. The van der Waals surface area contributed by atoms with Gasteiger partial charge in [-0.15, -0.1) is 0 Å². The first-order valence-electron chi connectivity index (χ1n) is 5.43. The van der Waals surface area contributed by atoms with Crippen molar-refractivity contribution in [3.63, 3.8) is 0 Å². The Balaban J connectivity index is 2.41. The van der Waals surface area contributed by atoms with Crippen LogP contribution in [0, 0.1) is 11.6 Å². The van der Waals surface area contributed by atoms with Gasteiger partial charge < -0.3 is 10.6 Å². The molecule has 2 nitrogen and oxygen atoms in total. The molecule has 0 spiro atoms. The lowest BCUT2D eigenvalue weighted by atomic mass is 10.1. The Labute approximate surface area is 105 Å². The third-order valence-corrected chi connectivity index (χ3v) is 3.42. The summed E-state index contributed by atoms with van der Waals surface area (Å²) in [4.78, 5) is 2.09. The van der Waals surface area contributed by atoms with Crippen LogP contribution in [0.15, 0.2) is 18.2 Å². The number of halogens is 2. The van der Waals surface area contributed by atoms with Gasteiger partial charge in [0.2, 0.25) is 0 Å². The Hall–Kier alpha value is -0.650. The molecule has 5 heteroatoms. The highest BCUT2D eigenvalue weighted by Gasteiger charge is 2.09. The molecule has 1 aromatic rings. The lowest BCUT2D eigenvalue weighted by molar-refractivity contribution is 0.437. The first kappa shape index (κ1) is 14.4. The Bertz CT molecular complexity index is 358. The van der Waals surface area contributed by atoms with Gasteiger partial charge in [-0.3, -0.25) is 0 Å². The molecule has 0 bridgehead atoms. The molecule has 0 aromatic heterocycles. The molecule has 1 rings (SSSR count). The summed E-state index contributed by atoms with van der Waals surface area (Å²) in [7, 11) is 4.02. The minimum absolute atomic E-state index is 0.253. The molecule has 1 unspecified atom stereocenters. The number of hydrogen-bond donors (Lipinski definition) is 1. The first-order chi connectivity index (χ1) is 8.00. The molecule has 96 valence electrons. The van der Waals surface area contributed by atoms with E-state index in [9.17, 15) is 8.78 Å². The van der Waals surface area contributed by atoms with Gasteiger partial charge in [0.25, 0.3) is 0 Å². The fourth-order valence-electron chi connectivity index (χ4n) is 1.30. The van der Waals surface area contributed by atoms with Crippen molar-refractivity contribution in [3.8, 4) is 0 Å². The van der Waals surface area contributed by atoms with E-state index in [-0.39, 0.29) is 6.04 Å². The summed E-state index contributed by atoms with van der Waals surface area (Å²) in [5.74, 6) is 0.0148. The third kappa shape index (κ3) is 5.02. The van der Waals surface area contributed by atoms with Crippen LogP contribution in [0.3, 0.4) is 0 Å². The molecule has 1 aromatic carbocycles. The van der Waals surface area contributed by atoms with Gasteiger partial charge >= 0.3 is 0 Å². The van der Waals surface area contributed by atoms with E-state index in [1.165, 1.54) is 12.1 Å². The van der Waals surface area contributed by atoms with Crippen molar-refractivity contribution in [2.75, 3.05) is 32.1 Å². The van der Waals surface area contributed by atoms with E-state index >= 15 is 0 Å². The van der Waals surface area contributed by atoms with Crippen LogP contribution in [0.25, 0.3) is 0 Å². The second-order valence-electron chi connectivity index (χ2n) is 4.16. The summed E-state index contributed by atoms with van der Waals surface area (Å²) >= 11 is 1.71. The molecule has 1 atom stereocenters. The van der Waals surface area contributed by atoms with Crippen LogP contribution in [0.4, 0.5) is 8.78 Å². The van der Waals surface area contributed by atoms with Gasteiger partial charge in [-0.1, -0.05) is 6.07 Å². The largest absolute Gasteiger partial charge is 0.323 e. The topological polar surface area (TPSA) is 29.3 Å². The quantitative estimate of drug-likeness (QED) is 0.796. The lowest BCUT2D eigenvalue weighted by Crippen LogP contribution is -2.17. The van der Waals surface area contributed by atoms with Crippen molar-refractivity contribution in [1.82, 2.24) is 4.90 Å². The van der Waals surface area contributed by atoms with Crippen LogP contribution >= 0.6 is 11.8 Å². The van der Waals surface area contributed by atoms with Gasteiger partial charge in [0.15, 0.2) is 11.6 Å². The Kier molecular flexibility index (Phi) is 5.88. The zero-order chi connectivity index (χ0) is 12.8. The number of thioether (sulfide) groups is 1. The van der Waals surface area contributed by atoms with Crippen molar-refractivity contribution < 1.29 is 8.78 Å². The fraction of sp³-hybridized carbons (Fsp3) is 0.500. The Morgan fingerprint density at radius 3 is 2.59 bits per heavy atom. The van der Waals surface area contributed by atoms with Crippen LogP contribution in [0.1, 0.15) is 11.6 Å². The summed E-state index contributed by atoms with van der Waals surface area (Å²) in [6.07, 6.45) is 0. The zero-order valence-electron chi connectivity index (χ0n) is 10.1. The van der Waals surface area contributed by atoms with Gasteiger partial charge in [0.05, 0.1) is 0 Å². The minimum atomic E-state index is -0.837. The van der Waals surface area contributed by atoms with Crippen molar-refractivity contribution in [3.05, 3.63) is 35.4 Å².